The molecule has 2 amide bonds. The summed E-state index contributed by atoms with van der Waals surface area (Å²) < 4.78 is 0. The third kappa shape index (κ3) is 8.46. The van der Waals surface area contributed by atoms with Gasteiger partial charge in [0.1, 0.15) is 6.04 Å². The molecule has 0 aliphatic rings. The molecule has 0 heterocycles. The first-order valence-corrected chi connectivity index (χ1v) is 13.3. The summed E-state index contributed by atoms with van der Waals surface area (Å²) in [7, 11) is 0. The van der Waals surface area contributed by atoms with E-state index in [1.165, 1.54) is 11.8 Å². The lowest BCUT2D eigenvalue weighted by atomic mass is 10.0. The first kappa shape index (κ1) is 27.4. The summed E-state index contributed by atoms with van der Waals surface area (Å²) in [5.74, 6) is -0.220. The molecule has 4 nitrogen and oxygen atoms in total. The van der Waals surface area contributed by atoms with Gasteiger partial charge in [-0.2, -0.15) is 0 Å². The molecule has 0 aromatic heterocycles. The number of hydrogen-bond acceptors (Lipinski definition) is 3. The van der Waals surface area contributed by atoms with Crippen molar-refractivity contribution in [1.29, 1.82) is 0 Å². The fraction of sp³-hybridized carbons (Fsp3) is 0.259. The van der Waals surface area contributed by atoms with Crippen molar-refractivity contribution in [3.05, 3.63) is 99.0 Å². The zero-order valence-corrected chi connectivity index (χ0v) is 22.6. The Labute approximate surface area is 225 Å². The minimum atomic E-state index is -0.718. The molecule has 0 saturated carbocycles. The van der Waals surface area contributed by atoms with Gasteiger partial charge in [0.25, 0.3) is 0 Å². The normalized spacial score (nSPS) is 11.8. The van der Waals surface area contributed by atoms with Gasteiger partial charge in [0.05, 0.1) is 5.75 Å². The average molecular weight is 550 g/mol. The molecule has 3 aromatic rings. The number of hydrogen-bond donors (Lipinski definition) is 1. The van der Waals surface area contributed by atoms with E-state index in [-0.39, 0.29) is 30.2 Å². The third-order valence-electron chi connectivity index (χ3n) is 5.23. The number of carbonyl (C=O) groups is 2. The van der Waals surface area contributed by atoms with Crippen molar-refractivity contribution in [2.45, 2.75) is 43.8 Å². The molecule has 0 spiro atoms. The van der Waals surface area contributed by atoms with Crippen LogP contribution in [0.15, 0.2) is 77.7 Å². The molecule has 3 aromatic carbocycles. The standard InChI is InChI=1S/C27H27Cl3N2O2S/c1-18(2)31-27(34)25(14-19-6-4-3-5-7-19)32(16-20-8-9-22(29)15-24(20)30)26(33)17-35-23-12-10-21(28)11-13-23/h3-13,15,18,25H,14,16-17H2,1-2H3,(H,31,34)/t25-/m1/s1. The minimum absolute atomic E-state index is 0.0692. The molecule has 35 heavy (non-hydrogen) atoms. The van der Waals surface area contributed by atoms with Crippen LogP contribution in [0.1, 0.15) is 25.0 Å². The second-order valence-electron chi connectivity index (χ2n) is 8.37. The third-order valence-corrected chi connectivity index (χ3v) is 7.07. The summed E-state index contributed by atoms with van der Waals surface area (Å²) in [6.45, 7) is 3.98. The lowest BCUT2D eigenvalue weighted by molar-refractivity contribution is -0.139. The molecule has 0 saturated heterocycles. The number of thioether (sulfide) groups is 1. The average Bonchev–Trinajstić information content (AvgIpc) is 2.82. The Bertz CT molecular complexity index is 1140. The molecule has 1 N–H and O–H groups in total. The summed E-state index contributed by atoms with van der Waals surface area (Å²) in [6, 6.07) is 21.4. The van der Waals surface area contributed by atoms with Crippen LogP contribution in [0.5, 0.6) is 0 Å². The highest BCUT2D eigenvalue weighted by Crippen LogP contribution is 2.26. The molecule has 0 radical (unpaired) electrons. The smallest absolute Gasteiger partial charge is 0.243 e. The van der Waals surface area contributed by atoms with E-state index in [9.17, 15) is 9.59 Å². The van der Waals surface area contributed by atoms with Crippen LogP contribution in [0.25, 0.3) is 0 Å². The lowest BCUT2D eigenvalue weighted by Gasteiger charge is -2.32. The van der Waals surface area contributed by atoms with Crippen molar-refractivity contribution in [3.63, 3.8) is 0 Å². The van der Waals surface area contributed by atoms with Crippen LogP contribution in [0.4, 0.5) is 0 Å². The maximum atomic E-state index is 13.6. The van der Waals surface area contributed by atoms with E-state index < -0.39 is 6.04 Å². The van der Waals surface area contributed by atoms with Crippen LogP contribution >= 0.6 is 46.6 Å². The highest BCUT2D eigenvalue weighted by atomic mass is 35.5. The minimum Gasteiger partial charge on any atom is -0.352 e. The number of benzene rings is 3. The van der Waals surface area contributed by atoms with Gasteiger partial charge in [-0.05, 0) is 61.4 Å². The number of nitrogens with one attached hydrogen (secondary N) is 1. The molecule has 0 fully saturated rings. The topological polar surface area (TPSA) is 49.4 Å². The summed E-state index contributed by atoms with van der Waals surface area (Å²) in [5.41, 5.74) is 1.68. The highest BCUT2D eigenvalue weighted by Gasteiger charge is 2.31. The quantitative estimate of drug-likeness (QED) is 0.280. The molecule has 0 aliphatic carbocycles. The van der Waals surface area contributed by atoms with Crippen molar-refractivity contribution in [2.75, 3.05) is 5.75 Å². The predicted molar refractivity (Wildman–Crippen MR) is 146 cm³/mol. The fourth-order valence-electron chi connectivity index (χ4n) is 3.53. The first-order valence-electron chi connectivity index (χ1n) is 11.2. The second-order valence-corrected chi connectivity index (χ2v) is 10.7. The van der Waals surface area contributed by atoms with Gasteiger partial charge < -0.3 is 10.2 Å². The van der Waals surface area contributed by atoms with E-state index in [2.05, 4.69) is 5.32 Å². The molecular weight excluding hydrogens is 523 g/mol. The van der Waals surface area contributed by atoms with Crippen molar-refractivity contribution in [2.24, 2.45) is 0 Å². The molecule has 0 aliphatic heterocycles. The Balaban J connectivity index is 1.93. The summed E-state index contributed by atoms with van der Waals surface area (Å²) in [6.07, 6.45) is 0.377. The van der Waals surface area contributed by atoms with Crippen molar-refractivity contribution in [1.82, 2.24) is 10.2 Å². The molecule has 0 unspecified atom stereocenters. The Hall–Kier alpha value is -2.18. The Morgan fingerprint density at radius 3 is 2.20 bits per heavy atom. The number of nitrogens with zero attached hydrogens (tertiary/aromatic N) is 1. The fourth-order valence-corrected chi connectivity index (χ4v) is 4.91. The number of rotatable bonds is 10. The molecule has 184 valence electrons. The summed E-state index contributed by atoms with van der Waals surface area (Å²) in [5, 5.41) is 4.57. The second kappa shape index (κ2) is 13.2. The molecule has 3 rings (SSSR count). The van der Waals surface area contributed by atoms with Gasteiger partial charge in [-0.3, -0.25) is 9.59 Å². The maximum absolute atomic E-state index is 13.6. The van der Waals surface area contributed by atoms with Crippen LogP contribution in [0, 0.1) is 0 Å². The largest absolute Gasteiger partial charge is 0.352 e. The van der Waals surface area contributed by atoms with Crippen molar-refractivity contribution in [3.8, 4) is 0 Å². The van der Waals surface area contributed by atoms with Gasteiger partial charge in [0.15, 0.2) is 0 Å². The van der Waals surface area contributed by atoms with Crippen molar-refractivity contribution >= 4 is 58.4 Å². The van der Waals surface area contributed by atoms with Crippen LogP contribution in [0.2, 0.25) is 15.1 Å². The molecular formula is C27H27Cl3N2O2S. The van der Waals surface area contributed by atoms with Gasteiger partial charge in [0.2, 0.25) is 11.8 Å². The summed E-state index contributed by atoms with van der Waals surface area (Å²) in [4.78, 5) is 29.5. The maximum Gasteiger partial charge on any atom is 0.243 e. The number of amides is 2. The van der Waals surface area contributed by atoms with E-state index in [0.29, 0.717) is 21.5 Å². The SMILES string of the molecule is CC(C)NC(=O)[C@@H](Cc1ccccc1)N(Cc1ccc(Cl)cc1Cl)C(=O)CSc1ccc(Cl)cc1. The lowest BCUT2D eigenvalue weighted by Crippen LogP contribution is -2.52. The molecule has 1 atom stereocenters. The van der Waals surface area contributed by atoms with Crippen molar-refractivity contribution < 1.29 is 9.59 Å². The predicted octanol–water partition coefficient (Wildman–Crippen LogP) is 6.90. The number of halogens is 3. The Morgan fingerprint density at radius 1 is 0.914 bits per heavy atom. The monoisotopic (exact) mass is 548 g/mol. The highest BCUT2D eigenvalue weighted by molar-refractivity contribution is 8.00. The summed E-state index contributed by atoms with van der Waals surface area (Å²) >= 11 is 19.9. The van der Waals surface area contributed by atoms with E-state index in [0.717, 1.165) is 16.0 Å². The zero-order chi connectivity index (χ0) is 25.4. The van der Waals surface area contributed by atoms with Gasteiger partial charge in [0, 0.05) is 39.0 Å². The van der Waals surface area contributed by atoms with Gasteiger partial charge in [-0.25, -0.2) is 0 Å². The van der Waals surface area contributed by atoms with Crippen LogP contribution in [-0.4, -0.2) is 34.6 Å². The molecule has 8 heteroatoms. The van der Waals surface area contributed by atoms with E-state index in [4.69, 9.17) is 34.8 Å². The molecule has 0 bridgehead atoms. The Kier molecular flexibility index (Phi) is 10.4. The van der Waals surface area contributed by atoms with E-state index in [1.54, 1.807) is 35.2 Å². The van der Waals surface area contributed by atoms with Crippen LogP contribution in [-0.2, 0) is 22.6 Å². The van der Waals surface area contributed by atoms with Gasteiger partial charge in [-0.1, -0.05) is 71.2 Å². The van der Waals surface area contributed by atoms with E-state index in [1.807, 2.05) is 56.3 Å². The van der Waals surface area contributed by atoms with Gasteiger partial charge in [-0.15, -0.1) is 11.8 Å². The van der Waals surface area contributed by atoms with Crippen LogP contribution < -0.4 is 5.32 Å². The van der Waals surface area contributed by atoms with Gasteiger partial charge >= 0.3 is 0 Å². The zero-order valence-electron chi connectivity index (χ0n) is 19.5. The Morgan fingerprint density at radius 2 is 1.57 bits per heavy atom. The number of carbonyl (C=O) groups excluding carboxylic acids is 2. The first-order chi connectivity index (χ1) is 16.7. The van der Waals surface area contributed by atoms with Crippen LogP contribution in [0.3, 0.4) is 0 Å². The van der Waals surface area contributed by atoms with E-state index >= 15 is 0 Å².